The van der Waals surface area contributed by atoms with Crippen molar-refractivity contribution in [3.05, 3.63) is 16.4 Å². The molecule has 1 heterocycles. The van der Waals surface area contributed by atoms with Crippen molar-refractivity contribution in [3.63, 3.8) is 0 Å². The molecule has 1 N–H and O–H groups in total. The van der Waals surface area contributed by atoms with E-state index in [-0.39, 0.29) is 17.6 Å². The van der Waals surface area contributed by atoms with Crippen molar-refractivity contribution in [2.45, 2.75) is 12.7 Å². The molecule has 1 rings (SSSR count). The first-order chi connectivity index (χ1) is 5.96. The third-order valence-corrected chi connectivity index (χ3v) is 1.96. The molecular formula is C6H6BrF3N2O. The van der Waals surface area contributed by atoms with Crippen LogP contribution in [0.25, 0.3) is 0 Å². The second kappa shape index (κ2) is 3.67. The Morgan fingerprint density at radius 3 is 2.62 bits per heavy atom. The van der Waals surface area contributed by atoms with Gasteiger partial charge in [-0.15, -0.1) is 0 Å². The van der Waals surface area contributed by atoms with E-state index in [9.17, 15) is 13.2 Å². The van der Waals surface area contributed by atoms with Crippen LogP contribution in [0.3, 0.4) is 0 Å². The highest BCUT2D eigenvalue weighted by Gasteiger charge is 2.37. The number of halogens is 4. The summed E-state index contributed by atoms with van der Waals surface area (Å²) in [7, 11) is 0. The molecular weight excluding hydrogens is 253 g/mol. The predicted octanol–water partition coefficient (Wildman–Crippen LogP) is 1.66. The second-order valence-electron chi connectivity index (χ2n) is 2.29. The van der Waals surface area contributed by atoms with Crippen LogP contribution in [0.5, 0.6) is 0 Å². The van der Waals surface area contributed by atoms with Gasteiger partial charge in [0.2, 0.25) is 0 Å². The molecule has 1 aromatic rings. The lowest BCUT2D eigenvalue weighted by atomic mass is 10.4. The molecule has 1 aromatic heterocycles. The normalized spacial score (nSPS) is 12.1. The van der Waals surface area contributed by atoms with Crippen molar-refractivity contribution in [2.75, 3.05) is 6.61 Å². The van der Waals surface area contributed by atoms with Gasteiger partial charge in [0, 0.05) is 0 Å². The van der Waals surface area contributed by atoms with Crippen LogP contribution in [0, 0.1) is 0 Å². The van der Waals surface area contributed by atoms with Crippen molar-refractivity contribution in [3.8, 4) is 0 Å². The molecule has 7 heteroatoms. The minimum absolute atomic E-state index is 0.117. The quantitative estimate of drug-likeness (QED) is 0.877. The lowest BCUT2D eigenvalue weighted by molar-refractivity contribution is -0.145. The fraction of sp³-hybridized carbons (Fsp3) is 0.500. The van der Waals surface area contributed by atoms with Crippen LogP contribution in [-0.2, 0) is 12.7 Å². The molecule has 0 fully saturated rings. The zero-order valence-corrected chi connectivity index (χ0v) is 7.93. The number of hydrogen-bond donors (Lipinski definition) is 1. The van der Waals surface area contributed by atoms with E-state index in [1.165, 1.54) is 0 Å². The highest BCUT2D eigenvalue weighted by molar-refractivity contribution is 9.10. The Morgan fingerprint density at radius 2 is 2.15 bits per heavy atom. The number of aromatic nitrogens is 2. The Kier molecular flexibility index (Phi) is 2.97. The first kappa shape index (κ1) is 10.5. The van der Waals surface area contributed by atoms with Crippen LogP contribution in [0.2, 0.25) is 0 Å². The van der Waals surface area contributed by atoms with Crippen LogP contribution in [0.4, 0.5) is 13.2 Å². The van der Waals surface area contributed by atoms with E-state index < -0.39 is 11.9 Å². The monoisotopic (exact) mass is 258 g/mol. The lowest BCUT2D eigenvalue weighted by Gasteiger charge is -2.09. The number of aliphatic hydroxyl groups excluding tert-OH is 1. The van der Waals surface area contributed by atoms with Crippen molar-refractivity contribution in [2.24, 2.45) is 0 Å². The summed E-state index contributed by atoms with van der Waals surface area (Å²) in [5.74, 6) is 0. The number of nitrogens with zero attached hydrogens (tertiary/aromatic N) is 2. The molecule has 0 unspecified atom stereocenters. The lowest BCUT2D eigenvalue weighted by Crippen LogP contribution is -2.16. The Bertz CT molecular complexity index is 297. The van der Waals surface area contributed by atoms with Gasteiger partial charge < -0.3 is 5.11 Å². The summed E-state index contributed by atoms with van der Waals surface area (Å²) in [4.78, 5) is 0. The molecule has 0 aromatic carbocycles. The molecule has 0 radical (unpaired) electrons. The van der Waals surface area contributed by atoms with Crippen LogP contribution >= 0.6 is 15.9 Å². The molecule has 0 atom stereocenters. The van der Waals surface area contributed by atoms with Crippen molar-refractivity contribution < 1.29 is 18.3 Å². The summed E-state index contributed by atoms with van der Waals surface area (Å²) in [6.45, 7) is -0.544. The maximum atomic E-state index is 12.3. The van der Waals surface area contributed by atoms with Gasteiger partial charge in [0.15, 0.2) is 5.69 Å². The van der Waals surface area contributed by atoms with Crippen LogP contribution in [0.15, 0.2) is 10.7 Å². The van der Waals surface area contributed by atoms with Crippen molar-refractivity contribution in [1.82, 2.24) is 9.78 Å². The average molecular weight is 259 g/mol. The summed E-state index contributed by atoms with van der Waals surface area (Å²) in [6.07, 6.45) is -3.40. The molecule has 0 saturated heterocycles. The highest BCUT2D eigenvalue weighted by Crippen LogP contribution is 2.34. The maximum Gasteiger partial charge on any atom is 0.434 e. The average Bonchev–Trinajstić information content (AvgIpc) is 2.31. The minimum atomic E-state index is -4.45. The van der Waals surface area contributed by atoms with E-state index in [0.29, 0.717) is 4.68 Å². The van der Waals surface area contributed by atoms with E-state index >= 15 is 0 Å². The first-order valence-corrected chi connectivity index (χ1v) is 4.15. The highest BCUT2D eigenvalue weighted by atomic mass is 79.9. The van der Waals surface area contributed by atoms with E-state index in [4.69, 9.17) is 5.11 Å². The Hall–Kier alpha value is -0.560. The van der Waals surface area contributed by atoms with Gasteiger partial charge in [0.1, 0.15) is 0 Å². The summed E-state index contributed by atoms with van der Waals surface area (Å²) in [5, 5.41) is 11.9. The molecule has 0 aliphatic heterocycles. The van der Waals surface area contributed by atoms with Crippen molar-refractivity contribution >= 4 is 15.9 Å². The van der Waals surface area contributed by atoms with Gasteiger partial charge in [0.25, 0.3) is 0 Å². The zero-order chi connectivity index (χ0) is 10.1. The summed E-state index contributed by atoms with van der Waals surface area (Å²) in [6, 6.07) is 0. The second-order valence-corrected chi connectivity index (χ2v) is 3.14. The van der Waals surface area contributed by atoms with Gasteiger partial charge in [-0.3, -0.25) is 4.68 Å². The molecule has 0 saturated carbocycles. The number of aliphatic hydroxyl groups is 1. The molecule has 74 valence electrons. The summed E-state index contributed by atoms with van der Waals surface area (Å²) in [5.41, 5.74) is -0.874. The number of hydrogen-bond acceptors (Lipinski definition) is 2. The molecule has 0 aliphatic carbocycles. The maximum absolute atomic E-state index is 12.3. The largest absolute Gasteiger partial charge is 0.434 e. The van der Waals surface area contributed by atoms with E-state index in [1.807, 2.05) is 0 Å². The first-order valence-electron chi connectivity index (χ1n) is 3.36. The third kappa shape index (κ3) is 2.22. The van der Waals surface area contributed by atoms with Gasteiger partial charge in [-0.2, -0.15) is 18.3 Å². The number of rotatable bonds is 2. The fourth-order valence-corrected chi connectivity index (χ4v) is 1.43. The molecule has 0 aliphatic rings. The fourth-order valence-electron chi connectivity index (χ4n) is 0.909. The van der Waals surface area contributed by atoms with Gasteiger partial charge in [-0.05, 0) is 15.9 Å². The Labute approximate surface area is 80.3 Å². The van der Waals surface area contributed by atoms with Gasteiger partial charge in [-0.25, -0.2) is 0 Å². The molecule has 0 bridgehead atoms. The molecule has 3 nitrogen and oxygen atoms in total. The van der Waals surface area contributed by atoms with Crippen molar-refractivity contribution in [1.29, 1.82) is 0 Å². The molecule has 0 spiro atoms. The predicted molar refractivity (Wildman–Crippen MR) is 42.0 cm³/mol. The molecule has 0 amide bonds. The Balaban J connectivity index is 3.09. The Morgan fingerprint density at radius 1 is 1.54 bits per heavy atom. The standard InChI is InChI=1S/C6H6BrF3N2O/c7-4-3-11-12(1-2-13)5(4)6(8,9)10/h3,13H,1-2H2. The summed E-state index contributed by atoms with van der Waals surface area (Å²) < 4.78 is 37.5. The van der Waals surface area contributed by atoms with Crippen LogP contribution in [0.1, 0.15) is 5.69 Å². The van der Waals surface area contributed by atoms with Gasteiger partial charge in [-0.1, -0.05) is 0 Å². The van der Waals surface area contributed by atoms with E-state index in [0.717, 1.165) is 6.20 Å². The smallest absolute Gasteiger partial charge is 0.394 e. The minimum Gasteiger partial charge on any atom is -0.394 e. The topological polar surface area (TPSA) is 38.0 Å². The summed E-state index contributed by atoms with van der Waals surface area (Å²) >= 11 is 2.74. The molecule has 13 heavy (non-hydrogen) atoms. The van der Waals surface area contributed by atoms with E-state index in [2.05, 4.69) is 21.0 Å². The third-order valence-electron chi connectivity index (χ3n) is 1.38. The SMILES string of the molecule is OCCn1ncc(Br)c1C(F)(F)F. The zero-order valence-electron chi connectivity index (χ0n) is 6.35. The van der Waals surface area contributed by atoms with E-state index in [1.54, 1.807) is 0 Å². The van der Waals surface area contributed by atoms with Gasteiger partial charge in [0.05, 0.1) is 23.8 Å². The number of alkyl halides is 3. The van der Waals surface area contributed by atoms with Crippen LogP contribution in [-0.4, -0.2) is 21.5 Å². The van der Waals surface area contributed by atoms with Crippen LogP contribution < -0.4 is 0 Å². The van der Waals surface area contributed by atoms with Gasteiger partial charge >= 0.3 is 6.18 Å².